The Labute approximate surface area is 155 Å². The number of hydrogen-bond acceptors (Lipinski definition) is 4. The average Bonchev–Trinajstić information content (AvgIpc) is 3.17. The highest BCUT2D eigenvalue weighted by molar-refractivity contribution is 6.11. The van der Waals surface area contributed by atoms with Crippen molar-refractivity contribution in [3.8, 4) is 0 Å². The number of carbonyl (C=O) groups is 1. The summed E-state index contributed by atoms with van der Waals surface area (Å²) >= 11 is 0. The number of aryl methyl sites for hydroxylation is 1. The van der Waals surface area contributed by atoms with E-state index in [9.17, 15) is 4.79 Å². The van der Waals surface area contributed by atoms with Gasteiger partial charge in [0.05, 0.1) is 28.5 Å². The fourth-order valence-corrected chi connectivity index (χ4v) is 3.72. The summed E-state index contributed by atoms with van der Waals surface area (Å²) < 4.78 is 2.00. The van der Waals surface area contributed by atoms with Gasteiger partial charge in [0.25, 0.3) is 0 Å². The Morgan fingerprint density at radius 1 is 1.31 bits per heavy atom. The third-order valence-corrected chi connectivity index (χ3v) is 5.17. The van der Waals surface area contributed by atoms with Crippen molar-refractivity contribution < 1.29 is 4.79 Å². The number of aromatic nitrogens is 3. The SMILES string of the molecule is C=CCC1Cc2nc3c(cnn3CCCCC)c(NCCCC)c2C1=O. The van der Waals surface area contributed by atoms with E-state index in [2.05, 4.69) is 30.8 Å². The second kappa shape index (κ2) is 8.47. The lowest BCUT2D eigenvalue weighted by Crippen LogP contribution is -2.11. The van der Waals surface area contributed by atoms with Gasteiger partial charge < -0.3 is 5.32 Å². The summed E-state index contributed by atoms with van der Waals surface area (Å²) in [4.78, 5) is 17.8. The van der Waals surface area contributed by atoms with Gasteiger partial charge in [-0.15, -0.1) is 6.58 Å². The Kier molecular flexibility index (Phi) is 6.07. The van der Waals surface area contributed by atoms with Gasteiger partial charge in [0, 0.05) is 25.4 Å². The van der Waals surface area contributed by atoms with Gasteiger partial charge in [0.15, 0.2) is 11.4 Å². The van der Waals surface area contributed by atoms with Crippen molar-refractivity contribution in [3.05, 3.63) is 30.1 Å². The molecule has 140 valence electrons. The molecule has 5 nitrogen and oxygen atoms in total. The van der Waals surface area contributed by atoms with Gasteiger partial charge in [-0.1, -0.05) is 39.2 Å². The quantitative estimate of drug-likeness (QED) is 0.493. The molecule has 0 saturated carbocycles. The Morgan fingerprint density at radius 3 is 2.85 bits per heavy atom. The van der Waals surface area contributed by atoms with Gasteiger partial charge in [-0.2, -0.15) is 5.10 Å². The number of rotatable bonds is 10. The summed E-state index contributed by atoms with van der Waals surface area (Å²) in [7, 11) is 0. The number of unbranched alkanes of at least 4 members (excludes halogenated alkanes) is 3. The normalized spacial score (nSPS) is 16.2. The van der Waals surface area contributed by atoms with E-state index >= 15 is 0 Å². The number of nitrogens with one attached hydrogen (secondary N) is 1. The van der Waals surface area contributed by atoms with E-state index in [0.717, 1.165) is 60.3 Å². The molecule has 0 amide bonds. The fraction of sp³-hybridized carbons (Fsp3) is 0.571. The summed E-state index contributed by atoms with van der Waals surface area (Å²) in [6.45, 7) is 9.92. The van der Waals surface area contributed by atoms with E-state index in [-0.39, 0.29) is 11.7 Å². The van der Waals surface area contributed by atoms with Gasteiger partial charge in [-0.25, -0.2) is 9.67 Å². The Balaban J connectivity index is 2.01. The number of nitrogens with zero attached hydrogens (tertiary/aromatic N) is 3. The molecule has 0 bridgehead atoms. The van der Waals surface area contributed by atoms with Crippen molar-refractivity contribution in [3.63, 3.8) is 0 Å². The first-order valence-corrected chi connectivity index (χ1v) is 9.98. The van der Waals surface area contributed by atoms with Crippen molar-refractivity contribution in [2.75, 3.05) is 11.9 Å². The third-order valence-electron chi connectivity index (χ3n) is 5.17. The van der Waals surface area contributed by atoms with E-state index in [1.807, 2.05) is 17.0 Å². The Hall–Kier alpha value is -2.17. The van der Waals surface area contributed by atoms with Crippen molar-refractivity contribution >= 4 is 22.5 Å². The van der Waals surface area contributed by atoms with Crippen LogP contribution in [0.2, 0.25) is 0 Å². The molecule has 0 fully saturated rings. The first-order chi connectivity index (χ1) is 12.7. The number of Topliss-reactive ketones (excluding diaryl/α,β-unsaturated/α-hetero) is 1. The maximum absolute atomic E-state index is 12.9. The zero-order valence-corrected chi connectivity index (χ0v) is 16.1. The van der Waals surface area contributed by atoms with Crippen LogP contribution in [-0.2, 0) is 13.0 Å². The first-order valence-electron chi connectivity index (χ1n) is 9.98. The molecule has 1 aliphatic carbocycles. The van der Waals surface area contributed by atoms with E-state index < -0.39 is 0 Å². The summed E-state index contributed by atoms with van der Waals surface area (Å²) in [6, 6.07) is 0. The molecule has 3 rings (SSSR count). The van der Waals surface area contributed by atoms with Crippen LogP contribution in [0.3, 0.4) is 0 Å². The molecule has 1 unspecified atom stereocenters. The van der Waals surface area contributed by atoms with Gasteiger partial charge in [0.1, 0.15) is 0 Å². The molecule has 1 atom stereocenters. The summed E-state index contributed by atoms with van der Waals surface area (Å²) in [5.74, 6) is 0.182. The molecule has 0 aromatic carbocycles. The number of fused-ring (bicyclic) bond motifs is 2. The molecule has 2 aromatic heterocycles. The molecule has 2 heterocycles. The highest BCUT2D eigenvalue weighted by Gasteiger charge is 2.35. The zero-order valence-electron chi connectivity index (χ0n) is 16.1. The minimum absolute atomic E-state index is 0.0188. The Bertz CT molecular complexity index is 793. The maximum atomic E-state index is 12.9. The van der Waals surface area contributed by atoms with Crippen molar-refractivity contribution in [1.82, 2.24) is 14.8 Å². The number of pyridine rings is 1. The van der Waals surface area contributed by atoms with Crippen molar-refractivity contribution in [2.24, 2.45) is 5.92 Å². The summed E-state index contributed by atoms with van der Waals surface area (Å²) in [5, 5.41) is 9.06. The molecular formula is C21H30N4O. The number of hydrogen-bond donors (Lipinski definition) is 1. The summed E-state index contributed by atoms with van der Waals surface area (Å²) in [6.07, 6.45) is 10.8. The van der Waals surface area contributed by atoms with Crippen LogP contribution >= 0.6 is 0 Å². The summed E-state index contributed by atoms with van der Waals surface area (Å²) in [5.41, 5.74) is 3.56. The number of carbonyl (C=O) groups excluding carboxylic acids is 1. The van der Waals surface area contributed by atoms with Crippen LogP contribution in [0.5, 0.6) is 0 Å². The van der Waals surface area contributed by atoms with Crippen LogP contribution < -0.4 is 5.32 Å². The molecule has 1 aliphatic rings. The van der Waals surface area contributed by atoms with E-state index in [4.69, 9.17) is 4.98 Å². The van der Waals surface area contributed by atoms with Crippen molar-refractivity contribution in [2.45, 2.75) is 65.3 Å². The van der Waals surface area contributed by atoms with Gasteiger partial charge in [-0.05, 0) is 19.3 Å². The van der Waals surface area contributed by atoms with E-state index in [1.165, 1.54) is 12.8 Å². The highest BCUT2D eigenvalue weighted by Crippen LogP contribution is 2.37. The van der Waals surface area contributed by atoms with Crippen LogP contribution in [0, 0.1) is 5.92 Å². The number of allylic oxidation sites excluding steroid dienone is 1. The smallest absolute Gasteiger partial charge is 0.170 e. The number of anilines is 1. The predicted molar refractivity (Wildman–Crippen MR) is 107 cm³/mol. The minimum atomic E-state index is -0.0188. The van der Waals surface area contributed by atoms with Crippen LogP contribution in [-0.4, -0.2) is 27.1 Å². The second-order valence-electron chi connectivity index (χ2n) is 7.19. The van der Waals surface area contributed by atoms with Gasteiger partial charge >= 0.3 is 0 Å². The molecule has 1 N–H and O–H groups in total. The van der Waals surface area contributed by atoms with Crippen LogP contribution in [0.1, 0.15) is 68.4 Å². The zero-order chi connectivity index (χ0) is 18.5. The highest BCUT2D eigenvalue weighted by atomic mass is 16.1. The predicted octanol–water partition coefficient (Wildman–Crippen LogP) is 4.76. The maximum Gasteiger partial charge on any atom is 0.170 e. The third kappa shape index (κ3) is 3.53. The lowest BCUT2D eigenvalue weighted by molar-refractivity contribution is 0.0938. The monoisotopic (exact) mass is 354 g/mol. The van der Waals surface area contributed by atoms with E-state index in [0.29, 0.717) is 12.8 Å². The standard InChI is InChI=1S/C21H30N4O/c1-4-7-9-12-25-21-16(14-23-25)19(22-11-8-5-2)18-17(24-21)13-15(10-6-3)20(18)26/h6,14-15H,3-5,7-13H2,1-2H3,(H,22,24). The van der Waals surface area contributed by atoms with Crippen LogP contribution in [0.15, 0.2) is 18.9 Å². The molecule has 2 aromatic rings. The second-order valence-corrected chi connectivity index (χ2v) is 7.19. The largest absolute Gasteiger partial charge is 0.384 e. The van der Waals surface area contributed by atoms with Crippen LogP contribution in [0.25, 0.3) is 11.0 Å². The number of ketones is 1. The molecule has 0 aliphatic heterocycles. The first kappa shape index (κ1) is 18.6. The average molecular weight is 354 g/mol. The van der Waals surface area contributed by atoms with Gasteiger partial charge in [0.2, 0.25) is 0 Å². The minimum Gasteiger partial charge on any atom is -0.384 e. The molecule has 0 spiro atoms. The molecule has 0 saturated heterocycles. The van der Waals surface area contributed by atoms with E-state index in [1.54, 1.807) is 0 Å². The lowest BCUT2D eigenvalue weighted by Gasteiger charge is -2.12. The van der Waals surface area contributed by atoms with Gasteiger partial charge in [-0.3, -0.25) is 4.79 Å². The molecule has 5 heteroatoms. The molecule has 0 radical (unpaired) electrons. The lowest BCUT2D eigenvalue weighted by atomic mass is 10.0. The molecular weight excluding hydrogens is 324 g/mol. The van der Waals surface area contributed by atoms with Crippen LogP contribution in [0.4, 0.5) is 5.69 Å². The Morgan fingerprint density at radius 2 is 2.12 bits per heavy atom. The fourth-order valence-electron chi connectivity index (χ4n) is 3.72. The van der Waals surface area contributed by atoms with Crippen molar-refractivity contribution in [1.29, 1.82) is 0 Å². The molecule has 26 heavy (non-hydrogen) atoms. The topological polar surface area (TPSA) is 59.8 Å².